The molecule has 0 N–H and O–H groups in total. The van der Waals surface area contributed by atoms with Gasteiger partial charge in [0.25, 0.3) is 0 Å². The van der Waals surface area contributed by atoms with Crippen molar-refractivity contribution in [2.45, 2.75) is 58.4 Å². The van der Waals surface area contributed by atoms with E-state index < -0.39 is 14.3 Å². The van der Waals surface area contributed by atoms with Gasteiger partial charge in [-0.2, -0.15) is 0 Å². The summed E-state index contributed by atoms with van der Waals surface area (Å²) >= 11 is 0. The standard InChI is InChI=1S/C23H38O6Si/c1-23(2,3)30(6,7)29-16-13-21(17-22(24)26-5)28-15-8-14-27-18-19-9-11-20(25-4)12-10-19/h9-12,17H,8,13-16,18H2,1-7H3/b21-17-. The lowest BCUT2D eigenvalue weighted by atomic mass is 10.2. The fraction of sp³-hybridized carbons (Fsp3) is 0.609. The Morgan fingerprint density at radius 2 is 1.70 bits per heavy atom. The van der Waals surface area contributed by atoms with Crippen LogP contribution in [0.1, 0.15) is 39.2 Å². The van der Waals surface area contributed by atoms with Crippen molar-refractivity contribution in [2.24, 2.45) is 0 Å². The lowest BCUT2D eigenvalue weighted by Crippen LogP contribution is -2.41. The third-order valence-electron chi connectivity index (χ3n) is 5.25. The third-order valence-corrected chi connectivity index (χ3v) is 9.78. The Morgan fingerprint density at radius 1 is 1.03 bits per heavy atom. The van der Waals surface area contributed by atoms with Gasteiger partial charge in [-0.05, 0) is 35.8 Å². The molecule has 0 amide bonds. The molecule has 0 aromatic heterocycles. The van der Waals surface area contributed by atoms with Crippen LogP contribution in [-0.2, 0) is 30.0 Å². The van der Waals surface area contributed by atoms with Crippen molar-refractivity contribution in [1.82, 2.24) is 0 Å². The van der Waals surface area contributed by atoms with Crippen LogP contribution in [0.15, 0.2) is 36.1 Å². The van der Waals surface area contributed by atoms with Crippen LogP contribution in [0, 0.1) is 0 Å². The fourth-order valence-corrected chi connectivity index (χ4v) is 3.32. The molecule has 6 nitrogen and oxygen atoms in total. The molecule has 0 aliphatic carbocycles. The largest absolute Gasteiger partial charge is 0.497 e. The highest BCUT2D eigenvalue weighted by atomic mass is 28.4. The van der Waals surface area contributed by atoms with Gasteiger partial charge in [0.05, 0.1) is 40.1 Å². The van der Waals surface area contributed by atoms with Gasteiger partial charge in [0, 0.05) is 19.4 Å². The molecule has 170 valence electrons. The molecule has 1 aromatic rings. The second-order valence-corrected chi connectivity index (χ2v) is 13.4. The molecule has 0 fully saturated rings. The molecule has 0 spiro atoms. The maximum atomic E-state index is 11.6. The van der Waals surface area contributed by atoms with E-state index in [2.05, 4.69) is 33.9 Å². The maximum absolute atomic E-state index is 11.6. The number of benzene rings is 1. The Hall–Kier alpha value is -1.83. The van der Waals surface area contributed by atoms with Crippen LogP contribution in [0.5, 0.6) is 5.75 Å². The number of esters is 1. The maximum Gasteiger partial charge on any atom is 0.333 e. The zero-order valence-electron chi connectivity index (χ0n) is 19.6. The average Bonchev–Trinajstić information content (AvgIpc) is 2.69. The van der Waals surface area contributed by atoms with E-state index in [9.17, 15) is 4.79 Å². The minimum atomic E-state index is -1.83. The van der Waals surface area contributed by atoms with Gasteiger partial charge in [0.15, 0.2) is 8.32 Å². The minimum absolute atomic E-state index is 0.140. The van der Waals surface area contributed by atoms with Crippen LogP contribution in [0.25, 0.3) is 0 Å². The second-order valence-electron chi connectivity index (χ2n) is 8.60. The van der Waals surface area contributed by atoms with Gasteiger partial charge < -0.3 is 23.4 Å². The monoisotopic (exact) mass is 438 g/mol. The van der Waals surface area contributed by atoms with Gasteiger partial charge in [-0.1, -0.05) is 32.9 Å². The fourth-order valence-electron chi connectivity index (χ4n) is 2.28. The van der Waals surface area contributed by atoms with Crippen molar-refractivity contribution in [3.8, 4) is 5.75 Å². The molecule has 7 heteroatoms. The van der Waals surface area contributed by atoms with Crippen LogP contribution in [0.2, 0.25) is 18.1 Å². The van der Waals surface area contributed by atoms with E-state index in [0.29, 0.717) is 38.6 Å². The molecule has 0 heterocycles. The summed E-state index contributed by atoms with van der Waals surface area (Å²) in [6.07, 6.45) is 2.65. The van der Waals surface area contributed by atoms with Crippen molar-refractivity contribution in [3.63, 3.8) is 0 Å². The summed E-state index contributed by atoms with van der Waals surface area (Å²) in [6.45, 7) is 13.1. The molecule has 0 saturated heterocycles. The van der Waals surface area contributed by atoms with E-state index in [1.165, 1.54) is 13.2 Å². The highest BCUT2D eigenvalue weighted by Gasteiger charge is 2.36. The smallest absolute Gasteiger partial charge is 0.333 e. The Kier molecular flexibility index (Phi) is 11.2. The molecule has 1 aromatic carbocycles. The summed E-state index contributed by atoms with van der Waals surface area (Å²) in [6, 6.07) is 7.79. The number of rotatable bonds is 13. The van der Waals surface area contributed by atoms with Crippen LogP contribution < -0.4 is 4.74 Å². The first-order valence-electron chi connectivity index (χ1n) is 10.3. The SMILES string of the molecule is COC(=O)/C=C(/CCO[Si](C)(C)C(C)(C)C)OCCCOCc1ccc(OC)cc1. The van der Waals surface area contributed by atoms with Crippen LogP contribution in [-0.4, -0.2) is 48.3 Å². The molecule has 0 radical (unpaired) electrons. The van der Waals surface area contributed by atoms with Crippen molar-refractivity contribution >= 4 is 14.3 Å². The molecule has 30 heavy (non-hydrogen) atoms. The summed E-state index contributed by atoms with van der Waals surface area (Å²) in [7, 11) is 1.17. The number of hydrogen-bond donors (Lipinski definition) is 0. The molecular weight excluding hydrogens is 400 g/mol. The van der Waals surface area contributed by atoms with Gasteiger partial charge in [-0.15, -0.1) is 0 Å². The van der Waals surface area contributed by atoms with Crippen molar-refractivity contribution in [2.75, 3.05) is 34.0 Å². The number of methoxy groups -OCH3 is 2. The molecule has 1 rings (SSSR count). The molecular formula is C23H38O6Si. The number of ether oxygens (including phenoxy) is 4. The first-order valence-corrected chi connectivity index (χ1v) is 13.3. The lowest BCUT2D eigenvalue weighted by Gasteiger charge is -2.36. The molecule has 0 atom stereocenters. The van der Waals surface area contributed by atoms with Crippen LogP contribution >= 0.6 is 0 Å². The van der Waals surface area contributed by atoms with E-state index in [4.69, 9.17) is 23.4 Å². The second kappa shape index (κ2) is 12.8. The number of carbonyl (C=O) groups excluding carboxylic acids is 1. The predicted octanol–water partition coefficient (Wildman–Crippen LogP) is 5.09. The molecule has 0 saturated carbocycles. The van der Waals surface area contributed by atoms with Crippen molar-refractivity contribution in [3.05, 3.63) is 41.7 Å². The zero-order valence-corrected chi connectivity index (χ0v) is 20.6. The van der Waals surface area contributed by atoms with E-state index in [1.807, 2.05) is 24.3 Å². The summed E-state index contributed by atoms with van der Waals surface area (Å²) in [5, 5.41) is 0.140. The summed E-state index contributed by atoms with van der Waals surface area (Å²) < 4.78 is 27.5. The van der Waals surface area contributed by atoms with E-state index in [0.717, 1.165) is 17.7 Å². The highest BCUT2D eigenvalue weighted by molar-refractivity contribution is 6.74. The van der Waals surface area contributed by atoms with Gasteiger partial charge in [0.1, 0.15) is 11.5 Å². The van der Waals surface area contributed by atoms with Crippen molar-refractivity contribution in [1.29, 1.82) is 0 Å². The number of carbonyl (C=O) groups is 1. The molecule has 0 bridgehead atoms. The summed E-state index contributed by atoms with van der Waals surface area (Å²) in [5.74, 6) is 0.985. The molecule has 0 unspecified atom stereocenters. The number of hydrogen-bond acceptors (Lipinski definition) is 6. The molecule has 0 aliphatic rings. The average molecular weight is 439 g/mol. The van der Waals surface area contributed by atoms with E-state index in [-0.39, 0.29) is 5.04 Å². The first kappa shape index (κ1) is 26.2. The zero-order chi connectivity index (χ0) is 22.6. The Morgan fingerprint density at radius 3 is 2.27 bits per heavy atom. The van der Waals surface area contributed by atoms with Gasteiger partial charge in [0.2, 0.25) is 0 Å². The summed E-state index contributed by atoms with van der Waals surface area (Å²) in [5.41, 5.74) is 1.09. The first-order chi connectivity index (χ1) is 14.1. The van der Waals surface area contributed by atoms with Crippen molar-refractivity contribution < 1.29 is 28.2 Å². The molecule has 0 aliphatic heterocycles. The van der Waals surface area contributed by atoms with Crippen LogP contribution in [0.3, 0.4) is 0 Å². The summed E-state index contributed by atoms with van der Waals surface area (Å²) in [4.78, 5) is 11.6. The Bertz CT molecular complexity index is 661. The van der Waals surface area contributed by atoms with Gasteiger partial charge >= 0.3 is 5.97 Å². The quantitative estimate of drug-likeness (QED) is 0.141. The predicted molar refractivity (Wildman–Crippen MR) is 121 cm³/mol. The Balaban J connectivity index is 2.38. The van der Waals surface area contributed by atoms with E-state index in [1.54, 1.807) is 7.11 Å². The normalized spacial score (nSPS) is 12.6. The topological polar surface area (TPSA) is 63.2 Å². The Labute approximate surface area is 182 Å². The van der Waals surface area contributed by atoms with E-state index >= 15 is 0 Å². The third kappa shape index (κ3) is 9.78. The minimum Gasteiger partial charge on any atom is -0.497 e. The van der Waals surface area contributed by atoms with Gasteiger partial charge in [-0.3, -0.25) is 0 Å². The lowest BCUT2D eigenvalue weighted by molar-refractivity contribution is -0.135. The van der Waals surface area contributed by atoms with Gasteiger partial charge in [-0.25, -0.2) is 4.79 Å². The van der Waals surface area contributed by atoms with Crippen LogP contribution in [0.4, 0.5) is 0 Å². The highest BCUT2D eigenvalue weighted by Crippen LogP contribution is 2.36.